The molecular formula is C59H69F2N7O5SSi. The van der Waals surface area contributed by atoms with Gasteiger partial charge in [-0.25, -0.2) is 13.8 Å². The first kappa shape index (κ1) is 52.5. The molecule has 0 saturated carbocycles. The van der Waals surface area contributed by atoms with E-state index in [1.54, 1.807) is 33.4 Å². The lowest BCUT2D eigenvalue weighted by atomic mass is 9.95. The number of rotatable bonds is 15. The first-order chi connectivity index (χ1) is 36.0. The molecule has 0 bridgehead atoms. The van der Waals surface area contributed by atoms with E-state index < -0.39 is 31.2 Å². The van der Waals surface area contributed by atoms with E-state index in [9.17, 15) is 9.50 Å². The van der Waals surface area contributed by atoms with Crippen LogP contribution in [0.4, 0.5) is 20.4 Å². The molecule has 3 saturated heterocycles. The minimum absolute atomic E-state index is 0.171. The number of alkyl halides is 1. The molecule has 1 N–H and O–H groups in total. The number of aromatic nitrogens is 4. The van der Waals surface area contributed by atoms with E-state index in [0.29, 0.717) is 100 Å². The molecule has 10 rings (SSSR count). The summed E-state index contributed by atoms with van der Waals surface area (Å²) in [6.07, 6.45) is 3.12. The Hall–Kier alpha value is -5.96. The minimum Gasteiger partial charge on any atom is -0.497 e. The molecule has 3 atom stereocenters. The highest BCUT2D eigenvalue weighted by Crippen LogP contribution is 2.47. The number of thiophene rings is 1. The van der Waals surface area contributed by atoms with E-state index in [4.69, 9.17) is 38.9 Å². The maximum atomic E-state index is 17.1. The van der Waals surface area contributed by atoms with E-state index in [1.165, 1.54) is 17.4 Å². The Morgan fingerprint density at radius 3 is 2.23 bits per heavy atom. The number of hydrogen-bond donors (Lipinski definition) is 1. The third-order valence-electron chi connectivity index (χ3n) is 16.0. The zero-order valence-electron chi connectivity index (χ0n) is 44.7. The van der Waals surface area contributed by atoms with E-state index in [2.05, 4.69) is 92.0 Å². The molecule has 394 valence electrons. The van der Waals surface area contributed by atoms with Crippen molar-refractivity contribution in [2.24, 2.45) is 0 Å². The summed E-state index contributed by atoms with van der Waals surface area (Å²) < 4.78 is 56.4. The molecule has 75 heavy (non-hydrogen) atoms. The Kier molecular flexibility index (Phi) is 14.8. The summed E-state index contributed by atoms with van der Waals surface area (Å²) in [5.74, 6) is 5.89. The van der Waals surface area contributed by atoms with Crippen LogP contribution >= 0.6 is 11.3 Å². The summed E-state index contributed by atoms with van der Waals surface area (Å²) in [7, 11) is 0.968. The predicted molar refractivity (Wildman–Crippen MR) is 299 cm³/mol. The summed E-state index contributed by atoms with van der Waals surface area (Å²) in [5.41, 5.74) is 7.47. The summed E-state index contributed by atoms with van der Waals surface area (Å²) >= 11 is 1.47. The van der Waals surface area contributed by atoms with Crippen LogP contribution < -0.4 is 24.0 Å². The van der Waals surface area contributed by atoms with Crippen LogP contribution in [0.15, 0.2) is 79.0 Å². The fourth-order valence-corrected chi connectivity index (χ4v) is 18.7. The number of fused-ring (bicyclic) bond motifs is 5. The van der Waals surface area contributed by atoms with Crippen molar-refractivity contribution in [2.45, 2.75) is 115 Å². The van der Waals surface area contributed by atoms with Crippen molar-refractivity contribution in [3.63, 3.8) is 0 Å². The number of nitrogens with zero attached hydrogens (tertiary/aromatic N) is 7. The van der Waals surface area contributed by atoms with Crippen molar-refractivity contribution in [3.8, 4) is 40.2 Å². The normalized spacial score (nSPS) is 20.3. The average Bonchev–Trinajstić information content (AvgIpc) is 4.07. The molecule has 0 radical (unpaired) electrons. The van der Waals surface area contributed by atoms with Crippen molar-refractivity contribution >= 4 is 62.3 Å². The number of anilines is 2. The number of hydrogen-bond acceptors (Lipinski definition) is 13. The molecule has 0 spiro atoms. The summed E-state index contributed by atoms with van der Waals surface area (Å²) in [6, 6.07) is 23.5. The standard InChI is InChI=1S/C59H69F2N7O5SSi/c1-37(2)75(38(3)4,39(5)6)28-22-45-48(61)19-20-49-51(45)47(29-50(63-49)67(31-40-11-15-43(70-8)16-12-40)32-41-13-17-44(71-9)18-14-41)53-54-46(21-24-62-53)52-55(66-26-27-72-35-58(7,69)34-66)64-57(65-56(52)74-54)73-36-59-23-10-25-68(59)33-42(60)30-59/h11-21,24,29,37-39,42,69H,10,23,25-27,30-36H2,1-9H3/t42-,58+,59+/m1/s1. The Balaban J connectivity index is 1.21. The minimum atomic E-state index is -2.35. The van der Waals surface area contributed by atoms with Crippen molar-refractivity contribution in [2.75, 3.05) is 70.0 Å². The molecule has 7 aromatic rings. The topological polar surface area (TPSA) is 118 Å². The van der Waals surface area contributed by atoms with Crippen LogP contribution in [0.2, 0.25) is 16.6 Å². The second kappa shape index (κ2) is 21.2. The molecular weight excluding hydrogens is 985 g/mol. The highest BCUT2D eigenvalue weighted by molar-refractivity contribution is 7.26. The number of halogens is 2. The van der Waals surface area contributed by atoms with Crippen LogP contribution in [0.5, 0.6) is 17.5 Å². The van der Waals surface area contributed by atoms with Gasteiger partial charge in [-0.05, 0) is 103 Å². The lowest BCUT2D eigenvalue weighted by Crippen LogP contribution is -2.43. The highest BCUT2D eigenvalue weighted by Gasteiger charge is 2.49. The molecule has 3 fully saturated rings. The monoisotopic (exact) mass is 1050 g/mol. The Morgan fingerprint density at radius 2 is 1.57 bits per heavy atom. The van der Waals surface area contributed by atoms with E-state index >= 15 is 4.39 Å². The average molecular weight is 1050 g/mol. The Bertz CT molecular complexity index is 3200. The van der Waals surface area contributed by atoms with Crippen LogP contribution in [-0.2, 0) is 17.8 Å². The first-order valence-corrected chi connectivity index (χ1v) is 29.4. The van der Waals surface area contributed by atoms with Gasteiger partial charge < -0.3 is 33.9 Å². The highest BCUT2D eigenvalue weighted by atomic mass is 32.1. The SMILES string of the molecule is COc1ccc(CN(Cc2ccc(OC)cc2)c2cc(-c3nccc4c3sc3nc(OC[C@@]56CCCN5C[C@H](F)C6)nc(N5CCOC[C@@](C)(O)C5)c34)c3c(C#C[Si](C(C)C)(C(C)C)C(C)C)c(F)ccc3n2)cc1. The maximum absolute atomic E-state index is 17.1. The van der Waals surface area contributed by atoms with Gasteiger partial charge in [0.15, 0.2) is 0 Å². The van der Waals surface area contributed by atoms with Gasteiger partial charge in [0.2, 0.25) is 0 Å². The van der Waals surface area contributed by atoms with Crippen molar-refractivity contribution in [3.05, 3.63) is 102 Å². The number of aliphatic hydroxyl groups is 1. The summed E-state index contributed by atoms with van der Waals surface area (Å²) in [5, 5.41) is 13.7. The van der Waals surface area contributed by atoms with Crippen molar-refractivity contribution < 1.29 is 32.8 Å². The molecule has 12 nitrogen and oxygen atoms in total. The van der Waals surface area contributed by atoms with Gasteiger partial charge in [-0.15, -0.1) is 16.9 Å². The van der Waals surface area contributed by atoms with E-state index in [-0.39, 0.29) is 25.8 Å². The predicted octanol–water partition coefficient (Wildman–Crippen LogP) is 11.9. The molecule has 0 amide bonds. The fourth-order valence-electron chi connectivity index (χ4n) is 12.4. The van der Waals surface area contributed by atoms with Crippen LogP contribution in [0.3, 0.4) is 0 Å². The number of β-amino-alcohol motifs (C(OH)–C–C–N with tert-alkyl or cyclic N) is 1. The maximum Gasteiger partial charge on any atom is 0.319 e. The molecule has 0 unspecified atom stereocenters. The third kappa shape index (κ3) is 10.3. The van der Waals surface area contributed by atoms with Gasteiger partial charge in [-0.2, -0.15) is 9.97 Å². The second-order valence-electron chi connectivity index (χ2n) is 22.0. The smallest absolute Gasteiger partial charge is 0.319 e. The van der Waals surface area contributed by atoms with Crippen molar-refractivity contribution in [1.29, 1.82) is 0 Å². The van der Waals surface area contributed by atoms with E-state index in [0.717, 1.165) is 57.5 Å². The van der Waals surface area contributed by atoms with Gasteiger partial charge in [0.05, 0.1) is 66.4 Å². The fraction of sp³-hybridized carbons (Fsp3) is 0.458. The second-order valence-corrected chi connectivity index (χ2v) is 28.6. The molecule has 3 aliphatic rings. The van der Waals surface area contributed by atoms with Crippen LogP contribution in [0.1, 0.15) is 84.4 Å². The summed E-state index contributed by atoms with van der Waals surface area (Å²) in [6.45, 7) is 19.1. The van der Waals surface area contributed by atoms with Gasteiger partial charge in [-0.1, -0.05) is 71.7 Å². The molecule has 3 aliphatic heterocycles. The molecule has 4 aromatic heterocycles. The summed E-state index contributed by atoms with van der Waals surface area (Å²) in [4.78, 5) is 28.1. The Morgan fingerprint density at radius 1 is 0.893 bits per heavy atom. The molecule has 0 aliphatic carbocycles. The number of pyridine rings is 2. The number of ether oxygens (including phenoxy) is 4. The van der Waals surface area contributed by atoms with Gasteiger partial charge in [-0.3, -0.25) is 9.88 Å². The zero-order valence-corrected chi connectivity index (χ0v) is 46.5. The number of methoxy groups -OCH3 is 2. The molecule has 7 heterocycles. The lowest BCUT2D eigenvalue weighted by molar-refractivity contribution is -0.0123. The largest absolute Gasteiger partial charge is 0.497 e. The molecule has 16 heteroatoms. The van der Waals surface area contributed by atoms with E-state index in [1.807, 2.05) is 36.4 Å². The van der Waals surface area contributed by atoms with Gasteiger partial charge in [0.25, 0.3) is 0 Å². The molecule has 3 aromatic carbocycles. The Labute approximate surface area is 444 Å². The van der Waals surface area contributed by atoms with Gasteiger partial charge in [0, 0.05) is 55.1 Å². The third-order valence-corrected chi connectivity index (χ3v) is 23.4. The van der Waals surface area contributed by atoms with Gasteiger partial charge >= 0.3 is 6.01 Å². The van der Waals surface area contributed by atoms with Crippen LogP contribution in [0.25, 0.3) is 42.5 Å². The lowest BCUT2D eigenvalue weighted by Gasteiger charge is -2.38. The van der Waals surface area contributed by atoms with Crippen molar-refractivity contribution in [1.82, 2.24) is 24.8 Å². The van der Waals surface area contributed by atoms with Gasteiger partial charge in [0.1, 0.15) is 60.2 Å². The van der Waals surface area contributed by atoms with Crippen LogP contribution in [0, 0.1) is 17.3 Å². The van der Waals surface area contributed by atoms with Crippen LogP contribution in [-0.4, -0.2) is 116 Å². The number of benzene rings is 3. The quantitative estimate of drug-likeness (QED) is 0.0778. The zero-order chi connectivity index (χ0) is 52.8. The first-order valence-electron chi connectivity index (χ1n) is 26.3.